The van der Waals surface area contributed by atoms with Crippen LogP contribution in [0.4, 0.5) is 0 Å². The molecule has 0 unspecified atom stereocenters. The Morgan fingerprint density at radius 3 is 1.41 bits per heavy atom. The molecule has 0 bridgehead atoms. The highest BCUT2D eigenvalue weighted by Crippen LogP contribution is 2.45. The van der Waals surface area contributed by atoms with Gasteiger partial charge < -0.3 is 9.47 Å². The third kappa shape index (κ3) is 2.96. The SMILES string of the molecule is COc1cccc(OC)c1-c1c(C(C)C)cccc1C(C)C. The molecule has 0 radical (unpaired) electrons. The van der Waals surface area contributed by atoms with Crippen LogP contribution in [0.15, 0.2) is 36.4 Å². The Morgan fingerprint density at radius 2 is 1.05 bits per heavy atom. The maximum absolute atomic E-state index is 5.63. The van der Waals surface area contributed by atoms with Crippen molar-refractivity contribution in [3.63, 3.8) is 0 Å². The summed E-state index contributed by atoms with van der Waals surface area (Å²) < 4.78 is 11.3. The van der Waals surface area contributed by atoms with Gasteiger partial charge in [0.05, 0.1) is 19.8 Å². The van der Waals surface area contributed by atoms with E-state index < -0.39 is 0 Å². The minimum atomic E-state index is 0.434. The fourth-order valence-electron chi connectivity index (χ4n) is 2.94. The quantitative estimate of drug-likeness (QED) is 0.713. The molecular weight excluding hydrogens is 272 g/mol. The van der Waals surface area contributed by atoms with Gasteiger partial charge in [0, 0.05) is 0 Å². The van der Waals surface area contributed by atoms with Crippen molar-refractivity contribution in [2.75, 3.05) is 14.2 Å². The molecule has 0 aliphatic heterocycles. The predicted octanol–water partition coefficient (Wildman–Crippen LogP) is 5.62. The molecule has 22 heavy (non-hydrogen) atoms. The van der Waals surface area contributed by atoms with Crippen molar-refractivity contribution in [3.05, 3.63) is 47.5 Å². The van der Waals surface area contributed by atoms with Gasteiger partial charge in [0.15, 0.2) is 0 Å². The lowest BCUT2D eigenvalue weighted by Gasteiger charge is -2.23. The van der Waals surface area contributed by atoms with E-state index in [-0.39, 0.29) is 0 Å². The number of ether oxygens (including phenoxy) is 2. The minimum Gasteiger partial charge on any atom is -0.496 e. The Morgan fingerprint density at radius 1 is 0.636 bits per heavy atom. The van der Waals surface area contributed by atoms with E-state index in [1.807, 2.05) is 18.2 Å². The maximum atomic E-state index is 5.63. The third-order valence-electron chi connectivity index (χ3n) is 4.05. The summed E-state index contributed by atoms with van der Waals surface area (Å²) in [7, 11) is 3.43. The fourth-order valence-corrected chi connectivity index (χ4v) is 2.94. The second-order valence-electron chi connectivity index (χ2n) is 6.16. The number of benzene rings is 2. The average molecular weight is 298 g/mol. The van der Waals surface area contributed by atoms with Gasteiger partial charge in [-0.2, -0.15) is 0 Å². The Balaban J connectivity index is 2.87. The van der Waals surface area contributed by atoms with Gasteiger partial charge in [0.25, 0.3) is 0 Å². The zero-order valence-electron chi connectivity index (χ0n) is 14.4. The van der Waals surface area contributed by atoms with Crippen LogP contribution in [-0.2, 0) is 0 Å². The zero-order valence-corrected chi connectivity index (χ0v) is 14.4. The molecule has 0 heterocycles. The molecule has 0 aromatic heterocycles. The van der Waals surface area contributed by atoms with Crippen LogP contribution >= 0.6 is 0 Å². The van der Waals surface area contributed by atoms with Crippen LogP contribution in [-0.4, -0.2) is 14.2 Å². The Kier molecular flexibility index (Phi) is 5.12. The highest BCUT2D eigenvalue weighted by atomic mass is 16.5. The van der Waals surface area contributed by atoms with E-state index in [2.05, 4.69) is 45.9 Å². The van der Waals surface area contributed by atoms with E-state index in [1.54, 1.807) is 14.2 Å². The topological polar surface area (TPSA) is 18.5 Å². The number of rotatable bonds is 5. The number of hydrogen-bond donors (Lipinski definition) is 0. The molecule has 0 aliphatic rings. The van der Waals surface area contributed by atoms with Crippen molar-refractivity contribution in [1.29, 1.82) is 0 Å². The summed E-state index contributed by atoms with van der Waals surface area (Å²) in [6.07, 6.45) is 0. The first kappa shape index (κ1) is 16.4. The molecule has 0 atom stereocenters. The Hall–Kier alpha value is -1.96. The van der Waals surface area contributed by atoms with Crippen LogP contribution in [0, 0.1) is 0 Å². The van der Waals surface area contributed by atoms with Crippen molar-refractivity contribution in [1.82, 2.24) is 0 Å². The van der Waals surface area contributed by atoms with Crippen LogP contribution in [0.3, 0.4) is 0 Å². The predicted molar refractivity (Wildman–Crippen MR) is 93.2 cm³/mol. The molecule has 0 N–H and O–H groups in total. The minimum absolute atomic E-state index is 0.434. The lowest BCUT2D eigenvalue weighted by Crippen LogP contribution is -2.02. The van der Waals surface area contributed by atoms with E-state index in [1.165, 1.54) is 16.7 Å². The second kappa shape index (κ2) is 6.87. The van der Waals surface area contributed by atoms with Crippen LogP contribution in [0.1, 0.15) is 50.7 Å². The number of methoxy groups -OCH3 is 2. The lowest BCUT2D eigenvalue weighted by atomic mass is 9.84. The van der Waals surface area contributed by atoms with E-state index in [4.69, 9.17) is 9.47 Å². The summed E-state index contributed by atoms with van der Waals surface area (Å²) in [6, 6.07) is 12.5. The first-order chi connectivity index (χ1) is 10.5. The summed E-state index contributed by atoms with van der Waals surface area (Å²) in [4.78, 5) is 0. The molecule has 0 saturated heterocycles. The monoisotopic (exact) mass is 298 g/mol. The van der Waals surface area contributed by atoms with Gasteiger partial charge in [-0.3, -0.25) is 0 Å². The normalized spacial score (nSPS) is 11.1. The molecule has 2 aromatic rings. The standard InChI is InChI=1S/C20H26O2/c1-13(2)15-9-7-10-16(14(3)4)19(15)20-17(21-5)11-8-12-18(20)22-6/h7-14H,1-6H3. The lowest BCUT2D eigenvalue weighted by molar-refractivity contribution is 0.397. The number of hydrogen-bond acceptors (Lipinski definition) is 2. The molecule has 0 aliphatic carbocycles. The molecule has 118 valence electrons. The molecular formula is C20H26O2. The summed E-state index contributed by atoms with van der Waals surface area (Å²) in [6.45, 7) is 8.91. The molecule has 2 rings (SSSR count). The van der Waals surface area contributed by atoms with Crippen molar-refractivity contribution in [3.8, 4) is 22.6 Å². The second-order valence-corrected chi connectivity index (χ2v) is 6.16. The van der Waals surface area contributed by atoms with Crippen molar-refractivity contribution in [2.45, 2.75) is 39.5 Å². The zero-order chi connectivity index (χ0) is 16.3. The Labute approximate surface area is 134 Å². The molecule has 2 aromatic carbocycles. The summed E-state index contributed by atoms with van der Waals surface area (Å²) in [5.41, 5.74) is 4.96. The van der Waals surface area contributed by atoms with Gasteiger partial charge in [-0.25, -0.2) is 0 Å². The van der Waals surface area contributed by atoms with Crippen molar-refractivity contribution >= 4 is 0 Å². The maximum Gasteiger partial charge on any atom is 0.130 e. The molecule has 2 nitrogen and oxygen atoms in total. The van der Waals surface area contributed by atoms with Gasteiger partial charge in [-0.1, -0.05) is 52.0 Å². The van der Waals surface area contributed by atoms with Crippen LogP contribution < -0.4 is 9.47 Å². The van der Waals surface area contributed by atoms with Crippen LogP contribution in [0.2, 0.25) is 0 Å². The highest BCUT2D eigenvalue weighted by molar-refractivity contribution is 5.82. The third-order valence-corrected chi connectivity index (χ3v) is 4.05. The van der Waals surface area contributed by atoms with Crippen molar-refractivity contribution < 1.29 is 9.47 Å². The molecule has 0 saturated carbocycles. The summed E-state index contributed by atoms with van der Waals surface area (Å²) >= 11 is 0. The Bertz CT molecular complexity index is 594. The van der Waals surface area contributed by atoms with Crippen LogP contribution in [0.25, 0.3) is 11.1 Å². The van der Waals surface area contributed by atoms with E-state index in [9.17, 15) is 0 Å². The van der Waals surface area contributed by atoms with E-state index >= 15 is 0 Å². The first-order valence-electron chi connectivity index (χ1n) is 7.85. The fraction of sp³-hybridized carbons (Fsp3) is 0.400. The molecule has 0 amide bonds. The average Bonchev–Trinajstić information content (AvgIpc) is 2.52. The van der Waals surface area contributed by atoms with Crippen LogP contribution in [0.5, 0.6) is 11.5 Å². The largest absolute Gasteiger partial charge is 0.496 e. The molecule has 0 spiro atoms. The van der Waals surface area contributed by atoms with Gasteiger partial charge in [-0.05, 0) is 40.7 Å². The first-order valence-corrected chi connectivity index (χ1v) is 7.85. The smallest absolute Gasteiger partial charge is 0.130 e. The van der Waals surface area contributed by atoms with E-state index in [0.29, 0.717) is 11.8 Å². The van der Waals surface area contributed by atoms with Crippen molar-refractivity contribution in [2.24, 2.45) is 0 Å². The summed E-state index contributed by atoms with van der Waals surface area (Å²) in [5, 5.41) is 0. The van der Waals surface area contributed by atoms with Gasteiger partial charge in [0.2, 0.25) is 0 Å². The van der Waals surface area contributed by atoms with E-state index in [0.717, 1.165) is 17.1 Å². The summed E-state index contributed by atoms with van der Waals surface area (Å²) in [5.74, 6) is 2.58. The van der Waals surface area contributed by atoms with Gasteiger partial charge in [0.1, 0.15) is 11.5 Å². The van der Waals surface area contributed by atoms with Gasteiger partial charge >= 0.3 is 0 Å². The van der Waals surface area contributed by atoms with Gasteiger partial charge in [-0.15, -0.1) is 0 Å². The molecule has 0 fully saturated rings. The molecule has 2 heteroatoms. The highest BCUT2D eigenvalue weighted by Gasteiger charge is 2.21.